The fourth-order valence-corrected chi connectivity index (χ4v) is 3.18. The third kappa shape index (κ3) is 3.44. The van der Waals surface area contributed by atoms with Crippen molar-refractivity contribution in [3.05, 3.63) is 39.8 Å². The molecule has 0 aromatic carbocycles. The summed E-state index contributed by atoms with van der Waals surface area (Å²) >= 11 is 1.45. The molecular weight excluding hydrogens is 312 g/mol. The molecule has 6 nitrogen and oxygen atoms in total. The number of fused-ring (bicyclic) bond motifs is 1. The minimum atomic E-state index is -0.156. The van der Waals surface area contributed by atoms with Gasteiger partial charge < -0.3 is 10.2 Å². The molecule has 0 atom stereocenters. The second-order valence-corrected chi connectivity index (χ2v) is 7.00. The van der Waals surface area contributed by atoms with E-state index in [1.54, 1.807) is 11.0 Å². The molecule has 2 aromatic rings. The van der Waals surface area contributed by atoms with Crippen LogP contribution in [0.25, 0.3) is 0 Å². The first-order valence-electron chi connectivity index (χ1n) is 7.72. The molecule has 0 aliphatic carbocycles. The molecule has 7 heteroatoms. The Morgan fingerprint density at radius 2 is 2.22 bits per heavy atom. The van der Waals surface area contributed by atoms with E-state index in [0.717, 1.165) is 10.6 Å². The summed E-state index contributed by atoms with van der Waals surface area (Å²) in [7, 11) is 0. The molecule has 0 saturated carbocycles. The van der Waals surface area contributed by atoms with Crippen LogP contribution in [0.3, 0.4) is 0 Å². The topological polar surface area (TPSA) is 67.2 Å². The van der Waals surface area contributed by atoms with Crippen molar-refractivity contribution in [2.24, 2.45) is 5.92 Å². The first-order chi connectivity index (χ1) is 11.0. The van der Waals surface area contributed by atoms with Gasteiger partial charge in [0.2, 0.25) is 0 Å². The van der Waals surface area contributed by atoms with Crippen LogP contribution in [0, 0.1) is 5.92 Å². The average molecular weight is 332 g/mol. The summed E-state index contributed by atoms with van der Waals surface area (Å²) in [5.41, 5.74) is 1.32. The van der Waals surface area contributed by atoms with Crippen LogP contribution in [0.1, 0.15) is 39.7 Å². The van der Waals surface area contributed by atoms with Gasteiger partial charge >= 0.3 is 0 Å². The summed E-state index contributed by atoms with van der Waals surface area (Å²) in [6, 6.07) is 5.50. The Bertz CT molecular complexity index is 706. The van der Waals surface area contributed by atoms with E-state index in [1.165, 1.54) is 11.3 Å². The minimum Gasteiger partial charge on any atom is -0.350 e. The fraction of sp³-hybridized carbons (Fsp3) is 0.438. The lowest BCUT2D eigenvalue weighted by atomic mass is 10.2. The van der Waals surface area contributed by atoms with Crippen molar-refractivity contribution in [3.8, 4) is 0 Å². The molecule has 0 bridgehead atoms. The molecule has 122 valence electrons. The molecule has 1 aliphatic rings. The summed E-state index contributed by atoms with van der Waals surface area (Å²) in [5.74, 6) is 0.282. The lowest BCUT2D eigenvalue weighted by molar-refractivity contribution is 0.0710. The van der Waals surface area contributed by atoms with Crippen molar-refractivity contribution in [1.82, 2.24) is 20.0 Å². The van der Waals surface area contributed by atoms with E-state index >= 15 is 0 Å². The molecule has 0 saturated heterocycles. The van der Waals surface area contributed by atoms with Gasteiger partial charge in [-0.25, -0.2) is 0 Å². The quantitative estimate of drug-likeness (QED) is 0.931. The number of thiophene rings is 1. The van der Waals surface area contributed by atoms with Crippen molar-refractivity contribution < 1.29 is 9.59 Å². The van der Waals surface area contributed by atoms with Gasteiger partial charge in [-0.1, -0.05) is 19.9 Å². The Hall–Kier alpha value is -2.15. The van der Waals surface area contributed by atoms with Gasteiger partial charge in [0.25, 0.3) is 11.8 Å². The first-order valence-corrected chi connectivity index (χ1v) is 8.60. The van der Waals surface area contributed by atoms with Crippen molar-refractivity contribution in [3.63, 3.8) is 0 Å². The van der Waals surface area contributed by atoms with Crippen LogP contribution >= 0.6 is 11.3 Å². The van der Waals surface area contributed by atoms with Gasteiger partial charge in [0.1, 0.15) is 0 Å². The molecule has 0 spiro atoms. The van der Waals surface area contributed by atoms with Crippen molar-refractivity contribution in [1.29, 1.82) is 0 Å². The summed E-state index contributed by atoms with van der Waals surface area (Å²) < 4.78 is 1.82. The van der Waals surface area contributed by atoms with Crippen molar-refractivity contribution in [2.75, 3.05) is 13.1 Å². The number of hydrogen-bond acceptors (Lipinski definition) is 4. The zero-order chi connectivity index (χ0) is 16.4. The molecule has 0 fully saturated rings. The smallest absolute Gasteiger partial charge is 0.271 e. The number of rotatable bonds is 4. The third-order valence-corrected chi connectivity index (χ3v) is 4.58. The monoisotopic (exact) mass is 332 g/mol. The van der Waals surface area contributed by atoms with Crippen LogP contribution in [-0.4, -0.2) is 39.6 Å². The number of nitrogens with one attached hydrogen (secondary N) is 1. The highest BCUT2D eigenvalue weighted by molar-refractivity contribution is 7.12. The van der Waals surface area contributed by atoms with Gasteiger partial charge in [0, 0.05) is 13.1 Å². The van der Waals surface area contributed by atoms with Gasteiger partial charge in [0.05, 0.1) is 23.7 Å². The molecular formula is C16H20N4O2S. The van der Waals surface area contributed by atoms with Crippen molar-refractivity contribution >= 4 is 23.2 Å². The van der Waals surface area contributed by atoms with E-state index in [9.17, 15) is 9.59 Å². The van der Waals surface area contributed by atoms with E-state index in [-0.39, 0.29) is 11.8 Å². The summed E-state index contributed by atoms with van der Waals surface area (Å²) in [4.78, 5) is 27.1. The lowest BCUT2D eigenvalue weighted by Crippen LogP contribution is -2.38. The Balaban J connectivity index is 1.69. The van der Waals surface area contributed by atoms with Gasteiger partial charge in [-0.3, -0.25) is 14.3 Å². The Labute approximate surface area is 139 Å². The maximum absolute atomic E-state index is 12.4. The van der Waals surface area contributed by atoms with Crippen LogP contribution in [0.4, 0.5) is 0 Å². The Kier molecular flexibility index (Phi) is 4.47. The fourth-order valence-electron chi connectivity index (χ4n) is 2.49. The molecule has 0 radical (unpaired) electrons. The molecule has 23 heavy (non-hydrogen) atoms. The van der Waals surface area contributed by atoms with Crippen LogP contribution in [0.15, 0.2) is 23.6 Å². The van der Waals surface area contributed by atoms with Gasteiger partial charge in [0.15, 0.2) is 5.69 Å². The van der Waals surface area contributed by atoms with Gasteiger partial charge in [-0.05, 0) is 23.4 Å². The maximum atomic E-state index is 12.4. The zero-order valence-electron chi connectivity index (χ0n) is 13.3. The van der Waals surface area contributed by atoms with E-state index in [1.807, 2.05) is 36.0 Å². The predicted octanol–water partition coefficient (Wildman–Crippen LogP) is 1.99. The van der Waals surface area contributed by atoms with Crippen LogP contribution in [0.2, 0.25) is 0 Å². The zero-order valence-corrected chi connectivity index (χ0v) is 14.1. The first kappa shape index (κ1) is 15.7. The third-order valence-electron chi connectivity index (χ3n) is 3.72. The number of carbonyl (C=O) groups is 2. The summed E-state index contributed by atoms with van der Waals surface area (Å²) in [6.07, 6.45) is 0. The van der Waals surface area contributed by atoms with Crippen LogP contribution < -0.4 is 5.32 Å². The number of aromatic nitrogens is 2. The normalized spacial score (nSPS) is 14.0. The van der Waals surface area contributed by atoms with E-state index < -0.39 is 0 Å². The standard InChI is InChI=1S/C16H20N4O2S/c1-11(2)9-17-15(21)13-8-12-10-19(5-6-20(12)18-13)16(22)14-4-3-7-23-14/h3-4,7-8,11H,5-6,9-10H2,1-2H3,(H,17,21). The minimum absolute atomic E-state index is 0.0401. The predicted molar refractivity (Wildman–Crippen MR) is 88.5 cm³/mol. The van der Waals surface area contributed by atoms with Crippen LogP contribution in [0.5, 0.6) is 0 Å². The van der Waals surface area contributed by atoms with E-state index in [0.29, 0.717) is 37.8 Å². The number of nitrogens with zero attached hydrogens (tertiary/aromatic N) is 3. The Morgan fingerprint density at radius 1 is 1.39 bits per heavy atom. The van der Waals surface area contributed by atoms with Crippen LogP contribution in [-0.2, 0) is 13.1 Å². The molecule has 0 unspecified atom stereocenters. The average Bonchev–Trinajstić information content (AvgIpc) is 3.20. The SMILES string of the molecule is CC(C)CNC(=O)c1cc2n(n1)CCN(C(=O)c1cccs1)C2. The number of carbonyl (C=O) groups excluding carboxylic acids is 2. The highest BCUT2D eigenvalue weighted by Crippen LogP contribution is 2.18. The second-order valence-electron chi connectivity index (χ2n) is 6.05. The molecule has 1 N–H and O–H groups in total. The molecule has 2 aromatic heterocycles. The lowest BCUT2D eigenvalue weighted by Gasteiger charge is -2.27. The van der Waals surface area contributed by atoms with E-state index in [4.69, 9.17) is 0 Å². The number of amides is 2. The van der Waals surface area contributed by atoms with E-state index in [2.05, 4.69) is 10.4 Å². The molecule has 1 aliphatic heterocycles. The van der Waals surface area contributed by atoms with Gasteiger partial charge in [-0.2, -0.15) is 5.10 Å². The van der Waals surface area contributed by atoms with Gasteiger partial charge in [-0.15, -0.1) is 11.3 Å². The Morgan fingerprint density at radius 3 is 2.91 bits per heavy atom. The highest BCUT2D eigenvalue weighted by atomic mass is 32.1. The summed E-state index contributed by atoms with van der Waals surface area (Å²) in [5, 5.41) is 9.13. The summed E-state index contributed by atoms with van der Waals surface area (Å²) in [6.45, 7) is 6.44. The molecule has 3 heterocycles. The molecule has 3 rings (SSSR count). The number of hydrogen-bond donors (Lipinski definition) is 1. The van der Waals surface area contributed by atoms with Crippen molar-refractivity contribution in [2.45, 2.75) is 26.9 Å². The highest BCUT2D eigenvalue weighted by Gasteiger charge is 2.25. The second kappa shape index (κ2) is 6.54. The largest absolute Gasteiger partial charge is 0.350 e. The maximum Gasteiger partial charge on any atom is 0.271 e. The molecule has 2 amide bonds.